The van der Waals surface area contributed by atoms with E-state index in [9.17, 15) is 62.3 Å². The highest BCUT2D eigenvalue weighted by atomic mass is 19.2. The van der Waals surface area contributed by atoms with Crippen LogP contribution in [0.3, 0.4) is 0 Å². The molecule has 0 aliphatic heterocycles. The van der Waals surface area contributed by atoms with Crippen LogP contribution in [0.15, 0.2) is 48.9 Å². The van der Waals surface area contributed by atoms with Gasteiger partial charge in [-0.25, -0.2) is 92.8 Å². The molecule has 1 N–H and O–H groups in total. The Bertz CT molecular complexity index is 2520. The van der Waals surface area contributed by atoms with Crippen LogP contribution >= 0.6 is 0 Å². The summed E-state index contributed by atoms with van der Waals surface area (Å²) in [5.74, 6) is -72.4. The molecular formula is C38H13BF20N2O3. The second-order valence-electron chi connectivity index (χ2n) is 12.9. The van der Waals surface area contributed by atoms with Crippen molar-refractivity contribution >= 4 is 39.7 Å². The molecule has 1 heterocycles. The first-order valence-electron chi connectivity index (χ1n) is 16.7. The third kappa shape index (κ3) is 7.84. The van der Waals surface area contributed by atoms with E-state index in [0.717, 1.165) is 0 Å². The minimum Gasteiger partial charge on any atom is -0.481 e. The van der Waals surface area contributed by atoms with Crippen LogP contribution in [0.4, 0.5) is 87.8 Å². The molecule has 0 unspecified atom stereocenters. The second-order valence-corrected chi connectivity index (χ2v) is 12.9. The van der Waals surface area contributed by atoms with E-state index in [1.165, 1.54) is 6.20 Å². The van der Waals surface area contributed by atoms with Crippen molar-refractivity contribution in [3.8, 4) is 0 Å². The number of carboxylic acid groups (broad SMARTS) is 1. The summed E-state index contributed by atoms with van der Waals surface area (Å²) in [5.41, 5.74) is -13.3. The van der Waals surface area contributed by atoms with Crippen LogP contribution in [0, 0.1) is 116 Å². The molecule has 0 aliphatic rings. The van der Waals surface area contributed by atoms with E-state index in [0.29, 0.717) is 11.3 Å². The third-order valence-electron chi connectivity index (χ3n) is 9.27. The van der Waals surface area contributed by atoms with E-state index < -0.39 is 150 Å². The number of aliphatic carboxylic acids is 1. The van der Waals surface area contributed by atoms with Crippen LogP contribution in [-0.2, 0) is 17.8 Å². The van der Waals surface area contributed by atoms with Crippen molar-refractivity contribution in [2.45, 2.75) is 13.0 Å². The van der Waals surface area contributed by atoms with E-state index in [1.54, 1.807) is 41.2 Å². The van der Waals surface area contributed by atoms with Gasteiger partial charge in [0.15, 0.2) is 82.2 Å². The molecule has 6 aromatic rings. The molecule has 1 aromatic heterocycles. The number of carbonyl (C=O) groups is 2. The van der Waals surface area contributed by atoms with Crippen molar-refractivity contribution in [3.63, 3.8) is 0 Å². The molecule has 0 fully saturated rings. The summed E-state index contributed by atoms with van der Waals surface area (Å²) in [4.78, 5) is 26.5. The third-order valence-corrected chi connectivity index (χ3v) is 9.27. The van der Waals surface area contributed by atoms with Gasteiger partial charge in [0, 0.05) is 5.56 Å². The number of hydrogen-bond acceptors (Lipinski definition) is 3. The molecule has 0 atom stereocenters. The molecule has 64 heavy (non-hydrogen) atoms. The topological polar surface area (TPSA) is 71.1 Å². The zero-order chi connectivity index (χ0) is 48.0. The number of rotatable bonds is 9. The van der Waals surface area contributed by atoms with Crippen LogP contribution in [0.5, 0.6) is 0 Å². The first kappa shape index (κ1) is 48.0. The summed E-state index contributed by atoms with van der Waals surface area (Å²) in [5, 5.41) is 8.70. The van der Waals surface area contributed by atoms with E-state index in [2.05, 4.69) is 4.98 Å². The number of carbonyl (C=O) groups excluding carboxylic acids is 1. The fourth-order valence-electron chi connectivity index (χ4n) is 6.58. The Morgan fingerprint density at radius 1 is 0.453 bits per heavy atom. The van der Waals surface area contributed by atoms with Crippen LogP contribution in [0.25, 0.3) is 0 Å². The van der Waals surface area contributed by atoms with Gasteiger partial charge in [-0.1, -0.05) is 30.3 Å². The summed E-state index contributed by atoms with van der Waals surface area (Å²) in [6, 6.07) is 8.96. The molecule has 0 radical (unpaired) electrons. The number of aromatic nitrogens is 2. The molecule has 5 aromatic carbocycles. The van der Waals surface area contributed by atoms with Gasteiger partial charge in [-0.3, -0.25) is 9.59 Å². The van der Waals surface area contributed by atoms with Crippen molar-refractivity contribution in [3.05, 3.63) is 177 Å². The molecule has 6 rings (SSSR count). The predicted octanol–water partition coefficient (Wildman–Crippen LogP) is 6.73. The molecular weight excluding hydrogens is 923 g/mol. The molecule has 0 bridgehead atoms. The highest BCUT2D eigenvalue weighted by Gasteiger charge is 2.52. The SMILES string of the molecule is Fc1c(F)c(F)c([B-](c2c(F)c(F)c(F)c(F)c2F)(c2c(F)c(F)c(F)c(F)c2F)c2c(F)c(F)c(F)c(F)c2F)c(F)c1F.O=C(O)Cc1c[n+](CC(=O)c2ccccc2)ccn1. The average Bonchev–Trinajstić information content (AvgIpc) is 3.26. The van der Waals surface area contributed by atoms with Crippen LogP contribution < -0.4 is 26.4 Å². The average molecular weight is 936 g/mol. The van der Waals surface area contributed by atoms with Gasteiger partial charge in [0.05, 0.1) is 12.6 Å². The maximum absolute atomic E-state index is 15.4. The second kappa shape index (κ2) is 18.0. The lowest BCUT2D eigenvalue weighted by molar-refractivity contribution is -0.684. The Hall–Kier alpha value is -7.02. The number of halogens is 20. The van der Waals surface area contributed by atoms with E-state index >= 15 is 35.1 Å². The zero-order valence-electron chi connectivity index (χ0n) is 30.3. The summed E-state index contributed by atoms with van der Waals surface area (Å²) < 4.78 is 296. The molecule has 5 nitrogen and oxygen atoms in total. The van der Waals surface area contributed by atoms with Crippen molar-refractivity contribution in [2.75, 3.05) is 0 Å². The summed E-state index contributed by atoms with van der Waals surface area (Å²) in [6.07, 6.45) is -2.65. The molecule has 26 heteroatoms. The van der Waals surface area contributed by atoms with Gasteiger partial charge in [-0.05, 0) is 0 Å². The predicted molar refractivity (Wildman–Crippen MR) is 176 cm³/mol. The van der Waals surface area contributed by atoms with Gasteiger partial charge < -0.3 is 5.11 Å². The van der Waals surface area contributed by atoms with E-state index in [-0.39, 0.29) is 18.7 Å². The maximum Gasteiger partial charge on any atom is 0.309 e. The van der Waals surface area contributed by atoms with Crippen molar-refractivity contribution in [2.24, 2.45) is 0 Å². The fourth-order valence-corrected chi connectivity index (χ4v) is 6.58. The van der Waals surface area contributed by atoms with Crippen LogP contribution in [0.2, 0.25) is 0 Å². The van der Waals surface area contributed by atoms with Gasteiger partial charge in [0.1, 0.15) is 58.4 Å². The molecule has 0 saturated heterocycles. The summed E-state index contributed by atoms with van der Waals surface area (Å²) >= 11 is 0. The molecule has 0 amide bonds. The highest BCUT2D eigenvalue weighted by molar-refractivity contribution is 7.20. The van der Waals surface area contributed by atoms with Crippen molar-refractivity contribution in [1.29, 1.82) is 0 Å². The largest absolute Gasteiger partial charge is 0.481 e. The maximum atomic E-state index is 15.4. The summed E-state index contributed by atoms with van der Waals surface area (Å²) in [7, 11) is 0. The van der Waals surface area contributed by atoms with Gasteiger partial charge >= 0.3 is 5.97 Å². The zero-order valence-corrected chi connectivity index (χ0v) is 30.3. The first-order chi connectivity index (χ1) is 29.8. The van der Waals surface area contributed by atoms with Gasteiger partial charge in [0.2, 0.25) is 12.3 Å². The smallest absolute Gasteiger partial charge is 0.309 e. The van der Waals surface area contributed by atoms with Crippen molar-refractivity contribution < 1.29 is 107 Å². The summed E-state index contributed by atoms with van der Waals surface area (Å²) in [6.45, 7) is 0.166. The molecule has 0 aliphatic carbocycles. The lowest BCUT2D eigenvalue weighted by atomic mass is 9.12. The number of hydrogen-bond donors (Lipinski definition) is 1. The molecule has 0 saturated carbocycles. The van der Waals surface area contributed by atoms with Gasteiger partial charge in [0.25, 0.3) is 0 Å². The van der Waals surface area contributed by atoms with Gasteiger partial charge in [-0.2, -0.15) is 4.57 Å². The standard InChI is InChI=1S/C24BF20.C14H12N2O3/c26-5-1(6(27)14(35)21(42)13(5)34)25(2-7(28)15(36)22(43)16(37)8(2)29,3-9(30)17(38)23(44)18(39)10(3)31)4-11(32)19(40)24(45)20(41)12(4)33;17-13(11-4-2-1-3-5-11)10-16-7-6-15-12(9-16)8-14(18)19/h;1-7,9H,8,10H2/q-1;/p+1. The Balaban J connectivity index is 0.000000337. The number of Topliss-reactive ketones (excluding diaryl/α,β-unsaturated/α-hetero) is 1. The number of carboxylic acids is 1. The molecule has 336 valence electrons. The van der Waals surface area contributed by atoms with Crippen LogP contribution in [0.1, 0.15) is 16.1 Å². The monoisotopic (exact) mass is 936 g/mol. The lowest BCUT2D eigenvalue weighted by Gasteiger charge is -2.44. The van der Waals surface area contributed by atoms with Crippen LogP contribution in [-0.4, -0.2) is 28.0 Å². The number of ketones is 1. The Morgan fingerprint density at radius 3 is 1.02 bits per heavy atom. The molecule has 0 spiro atoms. The van der Waals surface area contributed by atoms with Gasteiger partial charge in [-0.15, -0.1) is 21.9 Å². The first-order valence-corrected chi connectivity index (χ1v) is 16.7. The number of benzene rings is 5. The quantitative estimate of drug-likeness (QED) is 0.0437. The highest BCUT2D eigenvalue weighted by Crippen LogP contribution is 2.30. The van der Waals surface area contributed by atoms with E-state index in [4.69, 9.17) is 5.11 Å². The Labute approximate surface area is 341 Å². The Morgan fingerprint density at radius 2 is 0.734 bits per heavy atom. The fraction of sp³-hybridized carbons (Fsp3) is 0.0526. The van der Waals surface area contributed by atoms with E-state index in [1.807, 2.05) is 6.07 Å². The normalized spacial score (nSPS) is 11.4. The van der Waals surface area contributed by atoms with Crippen molar-refractivity contribution in [1.82, 2.24) is 4.98 Å². The number of nitrogens with zero attached hydrogens (tertiary/aromatic N) is 2. The minimum absolute atomic E-state index is 0.0296. The Kier molecular flexibility index (Phi) is 13.5. The minimum atomic E-state index is -7.22. The lowest BCUT2D eigenvalue weighted by Crippen LogP contribution is -2.81.